The Kier molecular flexibility index (Phi) is 6.76. The lowest BCUT2D eigenvalue weighted by molar-refractivity contribution is -0.127. The molecule has 2 N–H and O–H groups in total. The lowest BCUT2D eigenvalue weighted by Gasteiger charge is -2.33. The minimum atomic E-state index is -0.609. The highest BCUT2D eigenvalue weighted by molar-refractivity contribution is 6.31. The summed E-state index contributed by atoms with van der Waals surface area (Å²) in [5, 5.41) is 6.13. The van der Waals surface area contributed by atoms with Gasteiger partial charge in [-0.3, -0.25) is 14.5 Å². The molecule has 0 unspecified atom stereocenters. The van der Waals surface area contributed by atoms with Crippen LogP contribution < -0.4 is 10.6 Å². The molecule has 0 saturated heterocycles. The van der Waals surface area contributed by atoms with Crippen molar-refractivity contribution in [3.63, 3.8) is 0 Å². The fourth-order valence-corrected chi connectivity index (χ4v) is 3.87. The van der Waals surface area contributed by atoms with Gasteiger partial charge in [-0.2, -0.15) is 0 Å². The Morgan fingerprint density at radius 3 is 2.79 bits per heavy atom. The highest BCUT2D eigenvalue weighted by Gasteiger charge is 2.43. The second-order valence-electron chi connectivity index (χ2n) is 6.83. The van der Waals surface area contributed by atoms with Gasteiger partial charge in [0.25, 0.3) is 5.91 Å². The maximum atomic E-state index is 13.2. The average molecular weight is 421 g/mol. The Morgan fingerprint density at radius 1 is 1.34 bits per heavy atom. The Morgan fingerprint density at radius 2 is 2.10 bits per heavy atom. The lowest BCUT2D eigenvalue weighted by atomic mass is 9.95. The Labute approximate surface area is 174 Å². The fraction of sp³-hybridized carbons (Fsp3) is 0.450. The van der Waals surface area contributed by atoms with Gasteiger partial charge in [-0.15, -0.1) is 0 Å². The number of urea groups is 1. The van der Waals surface area contributed by atoms with E-state index in [9.17, 15) is 14.4 Å². The van der Waals surface area contributed by atoms with Crippen molar-refractivity contribution in [2.24, 2.45) is 0 Å². The summed E-state index contributed by atoms with van der Waals surface area (Å²) in [6, 6.07) is 6.29. The highest BCUT2D eigenvalue weighted by atomic mass is 35.5. The smallest absolute Gasteiger partial charge is 0.322 e. The summed E-state index contributed by atoms with van der Waals surface area (Å²) in [6.07, 6.45) is 0.181. The first-order valence-corrected chi connectivity index (χ1v) is 9.96. The van der Waals surface area contributed by atoms with Gasteiger partial charge >= 0.3 is 6.03 Å². The van der Waals surface area contributed by atoms with Crippen LogP contribution in [0.15, 0.2) is 35.5 Å². The number of halogens is 1. The molecule has 0 bridgehead atoms. The number of carbonyl (C=O) groups excluding carboxylic acids is 3. The van der Waals surface area contributed by atoms with Crippen LogP contribution in [0.5, 0.6) is 0 Å². The molecule has 29 heavy (non-hydrogen) atoms. The molecule has 0 saturated carbocycles. The van der Waals surface area contributed by atoms with E-state index in [1.807, 2.05) is 13.0 Å². The van der Waals surface area contributed by atoms with Crippen molar-refractivity contribution in [3.05, 3.63) is 46.1 Å². The Bertz CT molecular complexity index is 842. The molecule has 8 nitrogen and oxygen atoms in total. The van der Waals surface area contributed by atoms with Crippen LogP contribution in [0.25, 0.3) is 0 Å². The molecule has 9 heteroatoms. The lowest BCUT2D eigenvalue weighted by Crippen LogP contribution is -2.47. The Hall–Kier alpha value is -2.58. The van der Waals surface area contributed by atoms with Gasteiger partial charge in [-0.05, 0) is 18.6 Å². The molecule has 4 amide bonds. The third kappa shape index (κ3) is 4.38. The number of nitrogens with zero attached hydrogens (tertiary/aromatic N) is 2. The number of hydrogen-bond donors (Lipinski definition) is 2. The largest absolute Gasteiger partial charge is 0.383 e. The van der Waals surface area contributed by atoms with E-state index in [0.717, 1.165) is 0 Å². The second-order valence-corrected chi connectivity index (χ2v) is 7.24. The van der Waals surface area contributed by atoms with E-state index in [4.69, 9.17) is 16.3 Å². The van der Waals surface area contributed by atoms with Crippen molar-refractivity contribution < 1.29 is 19.1 Å². The molecule has 156 valence electrons. The number of likely N-dealkylation sites (N-methyl/N-ethyl adjacent to an activating group) is 1. The topological polar surface area (TPSA) is 91.0 Å². The molecule has 0 aliphatic carbocycles. The van der Waals surface area contributed by atoms with E-state index in [1.165, 1.54) is 0 Å². The maximum absolute atomic E-state index is 13.2. The van der Waals surface area contributed by atoms with Gasteiger partial charge in [0, 0.05) is 38.2 Å². The first-order chi connectivity index (χ1) is 14.0. The first-order valence-electron chi connectivity index (χ1n) is 9.58. The summed E-state index contributed by atoms with van der Waals surface area (Å²) < 4.78 is 4.91. The minimum Gasteiger partial charge on any atom is -0.383 e. The monoisotopic (exact) mass is 420 g/mol. The van der Waals surface area contributed by atoms with Crippen LogP contribution >= 0.6 is 11.6 Å². The van der Waals surface area contributed by atoms with Gasteiger partial charge in [0.1, 0.15) is 0 Å². The zero-order valence-electron chi connectivity index (χ0n) is 16.5. The molecule has 0 radical (unpaired) electrons. The van der Waals surface area contributed by atoms with E-state index in [1.54, 1.807) is 35.1 Å². The van der Waals surface area contributed by atoms with E-state index >= 15 is 0 Å². The predicted molar refractivity (Wildman–Crippen MR) is 108 cm³/mol. The molecule has 0 fully saturated rings. The SMILES string of the molecule is CCN1C(=O)N[C@H](c2ccccc2Cl)C2=C1CN(CCC(=O)NCCOC)C2=O. The number of methoxy groups -OCH3 is 1. The van der Waals surface area contributed by atoms with Crippen LogP contribution in [0.4, 0.5) is 4.79 Å². The number of hydrogen-bond acceptors (Lipinski definition) is 4. The molecule has 0 aromatic heterocycles. The van der Waals surface area contributed by atoms with Crippen LogP contribution in [0.2, 0.25) is 5.02 Å². The molecule has 1 atom stereocenters. The van der Waals surface area contributed by atoms with Crippen molar-refractivity contribution in [3.8, 4) is 0 Å². The molecule has 2 aliphatic heterocycles. The van der Waals surface area contributed by atoms with Crippen molar-refractivity contribution in [1.82, 2.24) is 20.4 Å². The highest BCUT2D eigenvalue weighted by Crippen LogP contribution is 2.38. The van der Waals surface area contributed by atoms with Crippen molar-refractivity contribution in [2.45, 2.75) is 19.4 Å². The van der Waals surface area contributed by atoms with Crippen LogP contribution in [-0.4, -0.2) is 67.5 Å². The number of ether oxygens (including phenoxy) is 1. The summed E-state index contributed by atoms with van der Waals surface area (Å²) in [7, 11) is 1.56. The molecule has 0 spiro atoms. The number of carbonyl (C=O) groups is 3. The minimum absolute atomic E-state index is 0.149. The van der Waals surface area contributed by atoms with Gasteiger partial charge in [0.15, 0.2) is 0 Å². The molecule has 3 rings (SSSR count). The maximum Gasteiger partial charge on any atom is 0.322 e. The zero-order chi connectivity index (χ0) is 21.0. The van der Waals surface area contributed by atoms with Gasteiger partial charge in [-0.1, -0.05) is 29.8 Å². The molecule has 2 aliphatic rings. The van der Waals surface area contributed by atoms with Crippen molar-refractivity contribution >= 4 is 29.4 Å². The van der Waals surface area contributed by atoms with Gasteiger partial charge in [-0.25, -0.2) is 4.79 Å². The second kappa shape index (κ2) is 9.28. The first kappa shape index (κ1) is 21.1. The summed E-state index contributed by atoms with van der Waals surface area (Å²) in [5.41, 5.74) is 1.86. The zero-order valence-corrected chi connectivity index (χ0v) is 17.3. The summed E-state index contributed by atoms with van der Waals surface area (Å²) >= 11 is 6.34. The summed E-state index contributed by atoms with van der Waals surface area (Å²) in [5.74, 6) is -0.336. The molecule has 2 heterocycles. The number of rotatable bonds is 8. The molecular weight excluding hydrogens is 396 g/mol. The van der Waals surface area contributed by atoms with Crippen LogP contribution in [0.1, 0.15) is 24.9 Å². The quantitative estimate of drug-likeness (QED) is 0.626. The summed E-state index contributed by atoms with van der Waals surface area (Å²) in [4.78, 5) is 41.0. The average Bonchev–Trinajstić information content (AvgIpc) is 3.03. The fourth-order valence-electron chi connectivity index (χ4n) is 3.62. The number of nitrogens with one attached hydrogen (secondary N) is 2. The van der Waals surface area contributed by atoms with Crippen molar-refractivity contribution in [2.75, 3.05) is 39.9 Å². The van der Waals surface area contributed by atoms with Crippen LogP contribution in [0.3, 0.4) is 0 Å². The predicted octanol–water partition coefficient (Wildman–Crippen LogP) is 1.68. The summed E-state index contributed by atoms with van der Waals surface area (Å²) in [6.45, 7) is 3.72. The van der Waals surface area contributed by atoms with Crippen LogP contribution in [-0.2, 0) is 14.3 Å². The van der Waals surface area contributed by atoms with Gasteiger partial charge in [0.2, 0.25) is 5.91 Å². The third-order valence-corrected chi connectivity index (χ3v) is 5.41. The van der Waals surface area contributed by atoms with E-state index in [0.29, 0.717) is 48.1 Å². The van der Waals surface area contributed by atoms with E-state index in [2.05, 4.69) is 10.6 Å². The number of benzene rings is 1. The van der Waals surface area contributed by atoms with E-state index < -0.39 is 6.04 Å². The normalized spacial score (nSPS) is 18.8. The molecule has 1 aromatic carbocycles. The third-order valence-electron chi connectivity index (χ3n) is 5.07. The van der Waals surface area contributed by atoms with Gasteiger partial charge in [0.05, 0.1) is 30.5 Å². The number of amides is 4. The molecule has 1 aromatic rings. The standard InChI is InChI=1S/C20H25ClN4O4/c1-3-25-15-12-24(10-8-16(26)22-9-11-29-2)19(27)17(15)18(23-20(25)28)13-6-4-5-7-14(13)21/h4-7,18H,3,8-12H2,1-2H3,(H,22,26)(H,23,28)/t18-/m1/s1. The molecular formula is C20H25ClN4O4. The Balaban J connectivity index is 1.79. The van der Waals surface area contributed by atoms with Gasteiger partial charge < -0.3 is 20.3 Å². The van der Waals surface area contributed by atoms with E-state index in [-0.39, 0.29) is 30.8 Å². The van der Waals surface area contributed by atoms with Crippen molar-refractivity contribution in [1.29, 1.82) is 0 Å². The van der Waals surface area contributed by atoms with Crippen LogP contribution in [0, 0.1) is 0 Å².